The van der Waals surface area contributed by atoms with Gasteiger partial charge in [0.2, 0.25) is 0 Å². The Morgan fingerprint density at radius 2 is 1.92 bits per heavy atom. The van der Waals surface area contributed by atoms with Crippen molar-refractivity contribution in [2.45, 2.75) is 25.3 Å². The van der Waals surface area contributed by atoms with Crippen LogP contribution in [0.25, 0.3) is 10.8 Å². The van der Waals surface area contributed by atoms with Crippen LogP contribution in [0.4, 0.5) is 5.69 Å². The van der Waals surface area contributed by atoms with Crippen molar-refractivity contribution in [3.63, 3.8) is 0 Å². The van der Waals surface area contributed by atoms with E-state index in [0.717, 1.165) is 17.4 Å². The lowest BCUT2D eigenvalue weighted by Gasteiger charge is -2.38. The quantitative estimate of drug-likeness (QED) is 0.564. The van der Waals surface area contributed by atoms with Crippen LogP contribution in [-0.4, -0.2) is 5.11 Å². The molecule has 3 aromatic rings. The van der Waals surface area contributed by atoms with Crippen molar-refractivity contribution in [3.8, 4) is 5.75 Å². The molecule has 0 fully saturated rings. The molecule has 0 amide bonds. The van der Waals surface area contributed by atoms with Gasteiger partial charge in [-0.1, -0.05) is 60.2 Å². The molecule has 2 heteroatoms. The van der Waals surface area contributed by atoms with Gasteiger partial charge >= 0.3 is 0 Å². The number of nitrogens with one attached hydrogen (secondary N) is 1. The van der Waals surface area contributed by atoms with E-state index in [1.807, 2.05) is 12.1 Å². The third-order valence-electron chi connectivity index (χ3n) is 5.78. The highest BCUT2D eigenvalue weighted by Crippen LogP contribution is 2.52. The molecule has 25 heavy (non-hydrogen) atoms. The van der Waals surface area contributed by atoms with Crippen molar-refractivity contribution in [2.24, 2.45) is 5.92 Å². The summed E-state index contributed by atoms with van der Waals surface area (Å²) in [5, 5.41) is 16.8. The maximum absolute atomic E-state index is 10.7. The van der Waals surface area contributed by atoms with E-state index >= 15 is 0 Å². The molecule has 1 heterocycles. The third-order valence-corrected chi connectivity index (χ3v) is 5.78. The van der Waals surface area contributed by atoms with Crippen LogP contribution in [0.3, 0.4) is 0 Å². The number of fused-ring (bicyclic) bond motifs is 4. The summed E-state index contributed by atoms with van der Waals surface area (Å²) in [6.07, 6.45) is 5.68. The van der Waals surface area contributed by atoms with Gasteiger partial charge in [0, 0.05) is 17.2 Å². The van der Waals surface area contributed by atoms with E-state index in [1.54, 1.807) is 0 Å². The number of aromatic hydroxyl groups is 1. The summed E-state index contributed by atoms with van der Waals surface area (Å²) < 4.78 is 0. The van der Waals surface area contributed by atoms with Crippen LogP contribution in [0.2, 0.25) is 0 Å². The summed E-state index contributed by atoms with van der Waals surface area (Å²) in [6, 6.07) is 18.9. The molecule has 1 aliphatic heterocycles. The van der Waals surface area contributed by atoms with Crippen molar-refractivity contribution < 1.29 is 5.11 Å². The number of phenolic OH excluding ortho intramolecular Hbond substituents is 1. The largest absolute Gasteiger partial charge is 0.508 e. The number of phenols is 1. The van der Waals surface area contributed by atoms with E-state index in [4.69, 9.17) is 0 Å². The first-order chi connectivity index (χ1) is 12.2. The second kappa shape index (κ2) is 5.38. The molecule has 0 saturated carbocycles. The molecule has 2 N–H and O–H groups in total. The fraction of sp³-hybridized carbons (Fsp3) is 0.217. The maximum Gasteiger partial charge on any atom is 0.121 e. The van der Waals surface area contributed by atoms with E-state index in [2.05, 4.69) is 66.9 Å². The van der Waals surface area contributed by atoms with Crippen LogP contribution < -0.4 is 5.32 Å². The number of rotatable bonds is 1. The molecule has 0 bridgehead atoms. The second-order valence-electron chi connectivity index (χ2n) is 7.29. The summed E-state index contributed by atoms with van der Waals surface area (Å²) in [7, 11) is 0. The summed E-state index contributed by atoms with van der Waals surface area (Å²) in [5.74, 6) is 1.24. The van der Waals surface area contributed by atoms with Crippen molar-refractivity contribution in [1.29, 1.82) is 0 Å². The standard InChI is InChI=1S/C23H21NO/c1-14-9-11-20-19(13-14)17-7-4-8-18(17)23(24-20)22-16-6-3-2-5-15(16)10-12-21(22)25/h2-7,9-13,17-18,23-25H,8H2,1H3. The minimum atomic E-state index is 0.112. The highest BCUT2D eigenvalue weighted by atomic mass is 16.3. The van der Waals surface area contributed by atoms with Crippen LogP contribution in [-0.2, 0) is 0 Å². The molecular weight excluding hydrogens is 306 g/mol. The van der Waals surface area contributed by atoms with Crippen LogP contribution in [0.5, 0.6) is 5.75 Å². The Morgan fingerprint density at radius 1 is 1.04 bits per heavy atom. The van der Waals surface area contributed by atoms with Crippen molar-refractivity contribution >= 4 is 16.5 Å². The topological polar surface area (TPSA) is 32.3 Å². The molecule has 124 valence electrons. The van der Waals surface area contributed by atoms with E-state index in [-0.39, 0.29) is 6.04 Å². The van der Waals surface area contributed by atoms with E-state index in [0.29, 0.717) is 17.6 Å². The minimum Gasteiger partial charge on any atom is -0.508 e. The molecule has 5 rings (SSSR count). The first kappa shape index (κ1) is 14.6. The van der Waals surface area contributed by atoms with E-state index in [1.165, 1.54) is 22.2 Å². The molecular formula is C23H21NO. The Balaban J connectivity index is 1.71. The van der Waals surface area contributed by atoms with E-state index in [9.17, 15) is 5.11 Å². The summed E-state index contributed by atoms with van der Waals surface area (Å²) in [4.78, 5) is 0. The average Bonchev–Trinajstić information content (AvgIpc) is 3.12. The number of anilines is 1. The summed E-state index contributed by atoms with van der Waals surface area (Å²) in [5.41, 5.74) is 4.90. The number of hydrogen-bond acceptors (Lipinski definition) is 2. The van der Waals surface area contributed by atoms with Gasteiger partial charge in [0.25, 0.3) is 0 Å². The molecule has 0 radical (unpaired) electrons. The SMILES string of the molecule is Cc1ccc2c(c1)C1C=CCC1C(c1c(O)ccc3ccccc13)N2. The minimum absolute atomic E-state index is 0.112. The Morgan fingerprint density at radius 3 is 2.84 bits per heavy atom. The van der Waals surface area contributed by atoms with Crippen LogP contribution in [0.15, 0.2) is 66.7 Å². The number of benzene rings is 3. The van der Waals surface area contributed by atoms with Crippen molar-refractivity contribution in [1.82, 2.24) is 0 Å². The van der Waals surface area contributed by atoms with Gasteiger partial charge in [0.15, 0.2) is 0 Å². The molecule has 0 aromatic heterocycles. The lowest BCUT2D eigenvalue weighted by Crippen LogP contribution is -2.29. The van der Waals surface area contributed by atoms with Crippen molar-refractivity contribution in [2.75, 3.05) is 5.32 Å². The molecule has 3 atom stereocenters. The van der Waals surface area contributed by atoms with Crippen LogP contribution in [0, 0.1) is 12.8 Å². The van der Waals surface area contributed by atoms with Crippen molar-refractivity contribution in [3.05, 3.63) is 83.4 Å². The Labute approximate surface area is 147 Å². The summed E-state index contributed by atoms with van der Waals surface area (Å²) >= 11 is 0. The van der Waals surface area contributed by atoms with Gasteiger partial charge in [-0.2, -0.15) is 0 Å². The third kappa shape index (κ3) is 2.17. The van der Waals surface area contributed by atoms with E-state index < -0.39 is 0 Å². The lowest BCUT2D eigenvalue weighted by molar-refractivity contribution is 0.404. The van der Waals surface area contributed by atoms with Gasteiger partial charge in [-0.15, -0.1) is 0 Å². The van der Waals surface area contributed by atoms with Crippen LogP contribution in [0.1, 0.15) is 35.1 Å². The fourth-order valence-electron chi connectivity index (χ4n) is 4.61. The molecule has 0 saturated heterocycles. The maximum atomic E-state index is 10.7. The molecule has 3 aromatic carbocycles. The van der Waals surface area contributed by atoms with Gasteiger partial charge in [-0.05, 0) is 47.7 Å². The first-order valence-corrected chi connectivity index (χ1v) is 8.97. The zero-order chi connectivity index (χ0) is 17.0. The smallest absolute Gasteiger partial charge is 0.121 e. The first-order valence-electron chi connectivity index (χ1n) is 8.97. The zero-order valence-electron chi connectivity index (χ0n) is 14.2. The number of aryl methyl sites for hydroxylation is 1. The Hall–Kier alpha value is -2.74. The highest BCUT2D eigenvalue weighted by Gasteiger charge is 2.39. The molecule has 2 aliphatic rings. The second-order valence-corrected chi connectivity index (χ2v) is 7.29. The average molecular weight is 327 g/mol. The van der Waals surface area contributed by atoms with Crippen LogP contribution >= 0.6 is 0 Å². The molecule has 1 aliphatic carbocycles. The molecule has 3 unspecified atom stereocenters. The monoisotopic (exact) mass is 327 g/mol. The number of allylic oxidation sites excluding steroid dienone is 2. The zero-order valence-corrected chi connectivity index (χ0v) is 14.2. The summed E-state index contributed by atoms with van der Waals surface area (Å²) in [6.45, 7) is 2.15. The van der Waals surface area contributed by atoms with Gasteiger partial charge in [-0.25, -0.2) is 0 Å². The Bertz CT molecular complexity index is 1000. The van der Waals surface area contributed by atoms with Gasteiger partial charge in [-0.3, -0.25) is 0 Å². The number of hydrogen-bond donors (Lipinski definition) is 2. The normalized spacial score (nSPS) is 24.0. The Kier molecular flexibility index (Phi) is 3.14. The fourth-order valence-corrected chi connectivity index (χ4v) is 4.61. The lowest BCUT2D eigenvalue weighted by atomic mass is 9.75. The van der Waals surface area contributed by atoms with Gasteiger partial charge in [0.05, 0.1) is 6.04 Å². The van der Waals surface area contributed by atoms with Gasteiger partial charge in [0.1, 0.15) is 5.75 Å². The molecule has 0 spiro atoms. The van der Waals surface area contributed by atoms with Gasteiger partial charge < -0.3 is 10.4 Å². The predicted octanol–water partition coefficient (Wildman–Crippen LogP) is 5.68. The molecule has 2 nitrogen and oxygen atoms in total. The predicted molar refractivity (Wildman–Crippen MR) is 103 cm³/mol. The highest BCUT2D eigenvalue weighted by molar-refractivity contribution is 5.89.